The highest BCUT2D eigenvalue weighted by Crippen LogP contribution is 2.17. The van der Waals surface area contributed by atoms with Crippen molar-refractivity contribution < 1.29 is 27.4 Å². The smallest absolute Gasteiger partial charge is 0.344 e. The predicted molar refractivity (Wildman–Crippen MR) is 51.8 cm³/mol. The minimum Gasteiger partial charge on any atom is -0.464 e. The molecule has 1 saturated heterocycles. The first-order valence-electron chi connectivity index (χ1n) is 4.56. The molecule has 7 heteroatoms. The average Bonchev–Trinajstić information content (AvgIpc) is 2.66. The zero-order chi connectivity index (χ0) is 11.3. The summed E-state index contributed by atoms with van der Waals surface area (Å²) in [6.45, 7) is 3.80. The predicted octanol–water partition coefficient (Wildman–Crippen LogP) is -0.459. The van der Waals surface area contributed by atoms with Crippen molar-refractivity contribution in [1.82, 2.24) is 0 Å². The molecule has 0 radical (unpaired) electrons. The lowest BCUT2D eigenvalue weighted by Gasteiger charge is -2.09. The molecule has 1 aliphatic rings. The molecular weight excluding hydrogens is 224 g/mol. The molecule has 0 saturated carbocycles. The number of thiol groups is 1. The first kappa shape index (κ1) is 12.3. The molecule has 0 aliphatic carbocycles. The van der Waals surface area contributed by atoms with Crippen LogP contribution in [0.5, 0.6) is 0 Å². The van der Waals surface area contributed by atoms with Gasteiger partial charge in [-0.05, 0) is 13.8 Å². The van der Waals surface area contributed by atoms with Crippen LogP contribution in [0.1, 0.15) is 13.8 Å². The van der Waals surface area contributed by atoms with Gasteiger partial charge in [0.2, 0.25) is 0 Å². The minimum atomic E-state index is -1.02. The quantitative estimate of drug-likeness (QED) is 0.374. The normalized spacial score (nSPS) is 24.9. The highest BCUT2D eigenvalue weighted by molar-refractivity contribution is 7.68. The number of carbonyl (C=O) groups is 2. The van der Waals surface area contributed by atoms with Crippen LogP contribution in [0, 0.1) is 0 Å². The molecule has 15 heavy (non-hydrogen) atoms. The van der Waals surface area contributed by atoms with E-state index in [1.165, 1.54) is 0 Å². The molecule has 2 atom stereocenters. The van der Waals surface area contributed by atoms with E-state index in [4.69, 9.17) is 17.8 Å². The fourth-order valence-electron chi connectivity index (χ4n) is 1.01. The Morgan fingerprint density at radius 2 is 1.47 bits per heavy atom. The maximum atomic E-state index is 11.3. The van der Waals surface area contributed by atoms with E-state index in [1.807, 2.05) is 0 Å². The molecule has 1 rings (SSSR count). The van der Waals surface area contributed by atoms with Crippen molar-refractivity contribution in [2.24, 2.45) is 0 Å². The van der Waals surface area contributed by atoms with Gasteiger partial charge in [-0.25, -0.2) is 9.59 Å². The molecule has 0 bridgehead atoms. The van der Waals surface area contributed by atoms with Crippen LogP contribution < -0.4 is 0 Å². The lowest BCUT2D eigenvalue weighted by atomic mass is 10.2. The van der Waals surface area contributed by atoms with E-state index < -0.39 is 24.1 Å². The second kappa shape index (κ2) is 5.94. The Morgan fingerprint density at radius 3 is 1.80 bits per heavy atom. The molecule has 0 aromatic carbocycles. The van der Waals surface area contributed by atoms with Crippen molar-refractivity contribution in [2.45, 2.75) is 26.1 Å². The summed E-state index contributed by atoms with van der Waals surface area (Å²) in [6.07, 6.45) is -2.05. The van der Waals surface area contributed by atoms with Gasteiger partial charge in [0.25, 0.3) is 12.2 Å². The van der Waals surface area contributed by atoms with E-state index in [0.29, 0.717) is 0 Å². The van der Waals surface area contributed by atoms with Crippen molar-refractivity contribution in [3.8, 4) is 0 Å². The Kier molecular flexibility index (Phi) is 4.86. The maximum absolute atomic E-state index is 11.3. The molecular formula is C8H13O6S+. The number of hydrogen-bond donors (Lipinski definition) is 0. The number of esters is 2. The molecule has 0 spiro atoms. The lowest BCUT2D eigenvalue weighted by molar-refractivity contribution is -0.163. The standard InChI is InChI=1S/C8H12O6S/c1-3-11-7(9)5-6(14-15-13-5)8(10)12-4-2/h5-6H,3-4H2,1-2H3/p+1. The highest BCUT2D eigenvalue weighted by atomic mass is 32.2. The molecule has 6 nitrogen and oxygen atoms in total. The Balaban J connectivity index is 2.56. The monoisotopic (exact) mass is 237 g/mol. The summed E-state index contributed by atoms with van der Waals surface area (Å²) in [6, 6.07) is 0. The van der Waals surface area contributed by atoms with Crippen molar-refractivity contribution in [3.63, 3.8) is 0 Å². The van der Waals surface area contributed by atoms with Gasteiger partial charge in [0.05, 0.1) is 13.2 Å². The molecule has 0 aromatic rings. The summed E-state index contributed by atoms with van der Waals surface area (Å²) in [5, 5.41) is 0. The highest BCUT2D eigenvalue weighted by Gasteiger charge is 2.50. The van der Waals surface area contributed by atoms with Crippen LogP contribution in [-0.4, -0.2) is 37.4 Å². The second-order valence-corrected chi connectivity index (χ2v) is 3.20. The molecule has 0 aromatic heterocycles. The van der Waals surface area contributed by atoms with Crippen molar-refractivity contribution in [3.05, 3.63) is 0 Å². The summed E-state index contributed by atoms with van der Waals surface area (Å²) in [4.78, 5) is 22.6. The summed E-state index contributed by atoms with van der Waals surface area (Å²) in [7, 11) is 0. The van der Waals surface area contributed by atoms with E-state index in [2.05, 4.69) is 0 Å². The minimum absolute atomic E-state index is 0.130. The summed E-state index contributed by atoms with van der Waals surface area (Å²) in [5.41, 5.74) is 0. The van der Waals surface area contributed by atoms with Gasteiger partial charge >= 0.3 is 24.3 Å². The average molecular weight is 237 g/mol. The van der Waals surface area contributed by atoms with E-state index in [0.717, 1.165) is 0 Å². The molecule has 0 N–H and O–H groups in total. The van der Waals surface area contributed by atoms with Crippen LogP contribution in [-0.2, 0) is 39.8 Å². The van der Waals surface area contributed by atoms with Gasteiger partial charge in [-0.1, -0.05) is 0 Å². The van der Waals surface area contributed by atoms with Gasteiger partial charge in [0.1, 0.15) is 0 Å². The fraction of sp³-hybridized carbons (Fsp3) is 0.750. The summed E-state index contributed by atoms with van der Waals surface area (Å²) >= 11 is 0.130. The Bertz CT molecular complexity index is 219. The molecule has 0 amide bonds. The molecule has 2 unspecified atom stereocenters. The first-order valence-corrected chi connectivity index (χ1v) is 5.29. The lowest BCUT2D eigenvalue weighted by Crippen LogP contribution is -2.39. The van der Waals surface area contributed by atoms with Crippen LogP contribution in [0.25, 0.3) is 0 Å². The van der Waals surface area contributed by atoms with Crippen LogP contribution in [0.2, 0.25) is 0 Å². The summed E-state index contributed by atoms with van der Waals surface area (Å²) < 4.78 is 19.3. The zero-order valence-electron chi connectivity index (χ0n) is 8.47. The van der Waals surface area contributed by atoms with Gasteiger partial charge < -0.3 is 9.47 Å². The van der Waals surface area contributed by atoms with Crippen molar-refractivity contribution >= 4 is 24.3 Å². The molecule has 1 fully saturated rings. The van der Waals surface area contributed by atoms with Crippen LogP contribution >= 0.6 is 0 Å². The topological polar surface area (TPSA) is 71.1 Å². The van der Waals surface area contributed by atoms with Gasteiger partial charge in [-0.15, -0.1) is 8.37 Å². The van der Waals surface area contributed by atoms with E-state index in [1.54, 1.807) is 13.8 Å². The number of hydrogen-bond acceptors (Lipinski definition) is 6. The third-order valence-electron chi connectivity index (χ3n) is 1.63. The Hall–Kier alpha value is -0.790. The van der Waals surface area contributed by atoms with Crippen molar-refractivity contribution in [2.75, 3.05) is 13.2 Å². The number of rotatable bonds is 4. The number of carbonyl (C=O) groups excluding carboxylic acids is 2. The van der Waals surface area contributed by atoms with Crippen molar-refractivity contribution in [1.29, 1.82) is 0 Å². The van der Waals surface area contributed by atoms with Gasteiger partial charge in [-0.3, -0.25) is 0 Å². The Morgan fingerprint density at radius 1 is 1.07 bits per heavy atom. The fourth-order valence-corrected chi connectivity index (χ4v) is 1.64. The molecule has 1 heterocycles. The maximum Gasteiger partial charge on any atom is 0.344 e. The third kappa shape index (κ3) is 3.08. The number of ether oxygens (including phenoxy) is 2. The van der Waals surface area contributed by atoms with E-state index in [-0.39, 0.29) is 25.5 Å². The van der Waals surface area contributed by atoms with Crippen LogP contribution in [0.4, 0.5) is 0 Å². The molecule has 86 valence electrons. The van der Waals surface area contributed by atoms with E-state index in [9.17, 15) is 9.59 Å². The zero-order valence-corrected chi connectivity index (χ0v) is 9.36. The van der Waals surface area contributed by atoms with Gasteiger partial charge in [-0.2, -0.15) is 0 Å². The van der Waals surface area contributed by atoms with Crippen LogP contribution in [0.3, 0.4) is 0 Å². The van der Waals surface area contributed by atoms with Crippen LogP contribution in [0.15, 0.2) is 0 Å². The Labute approximate surface area is 91.6 Å². The SMILES string of the molecule is CCOC(=O)C1O[SH+]OC1C(=O)OCC. The van der Waals surface area contributed by atoms with Gasteiger partial charge in [0, 0.05) is 0 Å². The largest absolute Gasteiger partial charge is 0.464 e. The summed E-state index contributed by atoms with van der Waals surface area (Å²) in [5.74, 6) is -1.22. The third-order valence-corrected chi connectivity index (χ3v) is 2.25. The first-order chi connectivity index (χ1) is 7.20. The van der Waals surface area contributed by atoms with Gasteiger partial charge in [0.15, 0.2) is 0 Å². The van der Waals surface area contributed by atoms with E-state index >= 15 is 0 Å². The second-order valence-electron chi connectivity index (χ2n) is 2.63. The molecule has 1 aliphatic heterocycles.